The lowest BCUT2D eigenvalue weighted by Gasteiger charge is -2.18. The number of ether oxygens (including phenoxy) is 1. The lowest BCUT2D eigenvalue weighted by molar-refractivity contribution is -0.123. The van der Waals surface area contributed by atoms with Gasteiger partial charge in [-0.25, -0.2) is 8.42 Å². The Kier molecular flexibility index (Phi) is 8.27. The molecule has 0 radical (unpaired) electrons. The first kappa shape index (κ1) is 27.0. The third kappa shape index (κ3) is 6.99. The monoisotopic (exact) mass is 529 g/mol. The molecule has 36 heavy (non-hydrogen) atoms. The minimum atomic E-state index is -3.99. The highest BCUT2D eigenvalue weighted by Gasteiger charge is 2.22. The van der Waals surface area contributed by atoms with E-state index in [9.17, 15) is 18.0 Å². The van der Waals surface area contributed by atoms with Gasteiger partial charge < -0.3 is 15.4 Å². The smallest absolute Gasteiger partial charge is 0.261 e. The maximum absolute atomic E-state index is 13.1. The van der Waals surface area contributed by atoms with Gasteiger partial charge in [-0.05, 0) is 73.7 Å². The van der Waals surface area contributed by atoms with Crippen molar-refractivity contribution in [1.82, 2.24) is 0 Å². The third-order valence-electron chi connectivity index (χ3n) is 4.99. The highest BCUT2D eigenvalue weighted by atomic mass is 35.5. The summed E-state index contributed by atoms with van der Waals surface area (Å²) in [5.74, 6) is -0.265. The number of hydrogen-bond acceptors (Lipinski definition) is 5. The van der Waals surface area contributed by atoms with Gasteiger partial charge in [-0.3, -0.25) is 14.3 Å². The molecule has 2 amide bonds. The van der Waals surface area contributed by atoms with Gasteiger partial charge in [0.2, 0.25) is 5.91 Å². The van der Waals surface area contributed by atoms with Gasteiger partial charge in [-0.15, -0.1) is 0 Å². The van der Waals surface area contributed by atoms with Crippen LogP contribution in [0.4, 0.5) is 17.1 Å². The number of halogens is 1. The summed E-state index contributed by atoms with van der Waals surface area (Å²) in [7, 11) is -3.99. The molecule has 0 aromatic heterocycles. The van der Waals surface area contributed by atoms with Crippen LogP contribution in [0, 0.1) is 5.41 Å². The molecular formula is C26H28ClN3O5S. The Labute approximate surface area is 216 Å². The van der Waals surface area contributed by atoms with Crippen molar-refractivity contribution >= 4 is 50.5 Å². The predicted octanol–water partition coefficient (Wildman–Crippen LogP) is 5.78. The molecule has 10 heteroatoms. The summed E-state index contributed by atoms with van der Waals surface area (Å²) in [6, 6.07) is 16.8. The van der Waals surface area contributed by atoms with Crippen molar-refractivity contribution in [3.63, 3.8) is 0 Å². The minimum Gasteiger partial charge on any atom is -0.492 e. The van der Waals surface area contributed by atoms with Crippen LogP contribution >= 0.6 is 11.6 Å². The summed E-state index contributed by atoms with van der Waals surface area (Å²) in [6.45, 7) is 7.51. The summed E-state index contributed by atoms with van der Waals surface area (Å²) < 4.78 is 34.2. The summed E-state index contributed by atoms with van der Waals surface area (Å²) in [5.41, 5.74) is 0.858. The predicted molar refractivity (Wildman–Crippen MR) is 142 cm³/mol. The van der Waals surface area contributed by atoms with Crippen LogP contribution in [0.15, 0.2) is 71.6 Å². The van der Waals surface area contributed by atoms with Gasteiger partial charge >= 0.3 is 0 Å². The molecule has 3 rings (SSSR count). The van der Waals surface area contributed by atoms with Crippen LogP contribution in [-0.2, 0) is 14.8 Å². The van der Waals surface area contributed by atoms with Gasteiger partial charge in [-0.1, -0.05) is 32.4 Å². The zero-order valence-corrected chi connectivity index (χ0v) is 22.0. The van der Waals surface area contributed by atoms with Crippen LogP contribution in [0.25, 0.3) is 0 Å². The van der Waals surface area contributed by atoms with E-state index in [1.807, 2.05) is 0 Å². The molecule has 8 nitrogen and oxygen atoms in total. The van der Waals surface area contributed by atoms with E-state index in [1.165, 1.54) is 18.2 Å². The van der Waals surface area contributed by atoms with Crippen molar-refractivity contribution in [2.45, 2.75) is 32.6 Å². The maximum Gasteiger partial charge on any atom is 0.261 e. The van der Waals surface area contributed by atoms with E-state index in [0.717, 1.165) is 0 Å². The molecular weight excluding hydrogens is 502 g/mol. The molecule has 0 atom stereocenters. The lowest BCUT2D eigenvalue weighted by atomic mass is 9.95. The molecule has 0 fully saturated rings. The van der Waals surface area contributed by atoms with E-state index in [4.69, 9.17) is 16.3 Å². The first-order chi connectivity index (χ1) is 16.9. The summed E-state index contributed by atoms with van der Waals surface area (Å²) in [4.78, 5) is 24.8. The molecule has 0 aliphatic rings. The number of benzene rings is 3. The highest BCUT2D eigenvalue weighted by Crippen LogP contribution is 2.30. The molecule has 3 N–H and O–H groups in total. The Hall–Kier alpha value is -3.56. The normalized spacial score (nSPS) is 11.5. The van der Waals surface area contributed by atoms with E-state index in [2.05, 4.69) is 15.4 Å². The van der Waals surface area contributed by atoms with Gasteiger partial charge in [0.05, 0.1) is 17.2 Å². The first-order valence-corrected chi connectivity index (χ1v) is 13.0. The van der Waals surface area contributed by atoms with E-state index in [0.29, 0.717) is 34.3 Å². The van der Waals surface area contributed by atoms with Crippen LogP contribution < -0.4 is 20.1 Å². The van der Waals surface area contributed by atoms with Gasteiger partial charge in [-0.2, -0.15) is 0 Å². The Bertz CT molecular complexity index is 1350. The fourth-order valence-corrected chi connectivity index (χ4v) is 4.22. The van der Waals surface area contributed by atoms with Gasteiger partial charge in [0.25, 0.3) is 15.9 Å². The van der Waals surface area contributed by atoms with Crippen molar-refractivity contribution in [3.8, 4) is 5.75 Å². The highest BCUT2D eigenvalue weighted by molar-refractivity contribution is 7.92. The average molecular weight is 530 g/mol. The van der Waals surface area contributed by atoms with E-state index in [-0.39, 0.29) is 16.5 Å². The van der Waals surface area contributed by atoms with E-state index >= 15 is 0 Å². The Morgan fingerprint density at radius 3 is 2.08 bits per heavy atom. The van der Waals surface area contributed by atoms with Crippen molar-refractivity contribution in [2.75, 3.05) is 22.0 Å². The van der Waals surface area contributed by atoms with Crippen LogP contribution in [-0.4, -0.2) is 26.8 Å². The topological polar surface area (TPSA) is 114 Å². The van der Waals surface area contributed by atoms with Crippen LogP contribution in [0.1, 0.15) is 38.1 Å². The molecule has 0 aliphatic heterocycles. The molecule has 3 aromatic rings. The average Bonchev–Trinajstić information content (AvgIpc) is 2.81. The van der Waals surface area contributed by atoms with Crippen LogP contribution in [0.3, 0.4) is 0 Å². The number of rotatable bonds is 8. The van der Waals surface area contributed by atoms with E-state index in [1.54, 1.807) is 76.2 Å². The second-order valence-corrected chi connectivity index (χ2v) is 11.1. The molecule has 190 valence electrons. The number of nitrogens with one attached hydrogen (secondary N) is 3. The Morgan fingerprint density at radius 2 is 1.50 bits per heavy atom. The molecule has 3 aromatic carbocycles. The van der Waals surface area contributed by atoms with E-state index < -0.39 is 21.3 Å². The van der Waals surface area contributed by atoms with Crippen molar-refractivity contribution < 1.29 is 22.7 Å². The molecule has 0 unspecified atom stereocenters. The fraction of sp³-hybridized carbons (Fsp3) is 0.231. The van der Waals surface area contributed by atoms with Crippen molar-refractivity contribution in [2.24, 2.45) is 5.41 Å². The second kappa shape index (κ2) is 11.0. The third-order valence-corrected chi connectivity index (χ3v) is 6.62. The molecule has 0 saturated carbocycles. The number of anilines is 3. The molecule has 0 spiro atoms. The zero-order chi connectivity index (χ0) is 26.5. The van der Waals surface area contributed by atoms with Crippen LogP contribution in [0.2, 0.25) is 5.02 Å². The zero-order valence-electron chi connectivity index (χ0n) is 20.4. The minimum absolute atomic E-state index is 0.0672. The Morgan fingerprint density at radius 1 is 0.889 bits per heavy atom. The van der Waals surface area contributed by atoms with Crippen LogP contribution in [0.5, 0.6) is 5.75 Å². The molecule has 0 heterocycles. The largest absolute Gasteiger partial charge is 0.492 e. The first-order valence-electron chi connectivity index (χ1n) is 11.2. The van der Waals surface area contributed by atoms with Gasteiger partial charge in [0.15, 0.2) is 0 Å². The lowest BCUT2D eigenvalue weighted by Crippen LogP contribution is -2.27. The SMILES string of the molecule is CCOc1ccc(S(=O)(=O)Nc2ccc(NC(=O)C(C)(C)C)cc2)cc1NC(=O)c1ccc(Cl)cc1. The molecule has 0 saturated heterocycles. The quantitative estimate of drug-likeness (QED) is 0.342. The van der Waals surface area contributed by atoms with Gasteiger partial charge in [0.1, 0.15) is 5.75 Å². The van der Waals surface area contributed by atoms with Gasteiger partial charge in [0, 0.05) is 27.4 Å². The molecule has 0 aliphatic carbocycles. The number of amides is 2. The molecule has 0 bridgehead atoms. The van der Waals surface area contributed by atoms with Crippen molar-refractivity contribution in [3.05, 3.63) is 77.3 Å². The summed E-state index contributed by atoms with van der Waals surface area (Å²) >= 11 is 5.89. The Balaban J connectivity index is 1.81. The van der Waals surface area contributed by atoms with Crippen molar-refractivity contribution in [1.29, 1.82) is 0 Å². The second-order valence-electron chi connectivity index (χ2n) is 8.94. The number of hydrogen-bond donors (Lipinski definition) is 3. The number of carbonyl (C=O) groups excluding carboxylic acids is 2. The number of sulfonamides is 1. The number of carbonyl (C=O) groups is 2. The summed E-state index contributed by atoms with van der Waals surface area (Å²) in [6.07, 6.45) is 0. The standard InChI is InChI=1S/C26H28ClN3O5S/c1-5-35-23-15-14-21(16-22(23)29-24(31)17-6-8-18(27)9-7-17)36(33,34)30-20-12-10-19(11-13-20)28-25(32)26(2,3)4/h6-16,30H,5H2,1-4H3,(H,28,32)(H,29,31). The maximum atomic E-state index is 13.1. The fourth-order valence-electron chi connectivity index (χ4n) is 3.01. The summed E-state index contributed by atoms with van der Waals surface area (Å²) in [5, 5.41) is 5.98.